The molecular weight excluding hydrogens is 418 g/mol. The Hall–Kier alpha value is -1.76. The van der Waals surface area contributed by atoms with E-state index >= 15 is 0 Å². The van der Waals surface area contributed by atoms with Crippen molar-refractivity contribution in [2.45, 2.75) is 19.9 Å². The number of ether oxygens (including phenoxy) is 1. The third kappa shape index (κ3) is 4.00. The van der Waals surface area contributed by atoms with Crippen LogP contribution >= 0.6 is 15.9 Å². The van der Waals surface area contributed by atoms with Crippen LogP contribution in [0, 0.1) is 12.8 Å². The van der Waals surface area contributed by atoms with Crippen LogP contribution in [0.5, 0.6) is 0 Å². The van der Waals surface area contributed by atoms with Crippen LogP contribution < -0.4 is 0 Å². The van der Waals surface area contributed by atoms with Gasteiger partial charge in [0.1, 0.15) is 0 Å². The van der Waals surface area contributed by atoms with Crippen LogP contribution in [0.1, 0.15) is 23.0 Å². The monoisotopic (exact) mass is 443 g/mol. The number of hydrogen-bond donors (Lipinski definition) is 0. The molecule has 28 heavy (non-hydrogen) atoms. The van der Waals surface area contributed by atoms with E-state index in [9.17, 15) is 4.79 Å². The smallest absolute Gasteiger partial charge is 0.255 e. The van der Waals surface area contributed by atoms with E-state index in [4.69, 9.17) is 9.72 Å². The average molecular weight is 444 g/mol. The predicted molar refractivity (Wildman–Crippen MR) is 113 cm³/mol. The number of carbonyl (C=O) groups is 1. The zero-order chi connectivity index (χ0) is 19.7. The highest BCUT2D eigenvalue weighted by Gasteiger charge is 2.37. The van der Waals surface area contributed by atoms with Gasteiger partial charge in [-0.15, -0.1) is 0 Å². The van der Waals surface area contributed by atoms with Gasteiger partial charge in [-0.2, -0.15) is 0 Å². The summed E-state index contributed by atoms with van der Waals surface area (Å²) in [4.78, 5) is 22.4. The van der Waals surface area contributed by atoms with Gasteiger partial charge >= 0.3 is 0 Å². The van der Waals surface area contributed by atoms with Gasteiger partial charge < -0.3 is 9.64 Å². The zero-order valence-corrected chi connectivity index (χ0v) is 18.0. The first-order valence-corrected chi connectivity index (χ1v) is 10.7. The standard InChI is InChI=1S/C22H26BrN3O2/c1-15-13-26(14-21(15)25-8-10-28-11-9-25)22(27)19-6-7-20(24-16(19)2)17-4-3-5-18(23)12-17/h3-7,12,15,21H,8-11,13-14H2,1-2H3. The SMILES string of the molecule is Cc1nc(-c2cccc(Br)c2)ccc1C(=O)N1CC(C)C(N2CCOCC2)C1. The average Bonchev–Trinajstić information content (AvgIpc) is 3.10. The van der Waals surface area contributed by atoms with Gasteiger partial charge in [-0.1, -0.05) is 35.0 Å². The van der Waals surface area contributed by atoms with Crippen molar-refractivity contribution >= 4 is 21.8 Å². The van der Waals surface area contributed by atoms with Crippen molar-refractivity contribution in [1.82, 2.24) is 14.8 Å². The van der Waals surface area contributed by atoms with Crippen LogP contribution in [0.4, 0.5) is 0 Å². The molecule has 1 aromatic heterocycles. The number of morpholine rings is 1. The number of benzene rings is 1. The van der Waals surface area contributed by atoms with Crippen molar-refractivity contribution in [2.24, 2.45) is 5.92 Å². The first kappa shape index (κ1) is 19.6. The van der Waals surface area contributed by atoms with Crippen LogP contribution in [0.25, 0.3) is 11.3 Å². The quantitative estimate of drug-likeness (QED) is 0.726. The van der Waals surface area contributed by atoms with Crippen LogP contribution in [0.2, 0.25) is 0 Å². The van der Waals surface area contributed by atoms with Gasteiger partial charge in [-0.3, -0.25) is 14.7 Å². The summed E-state index contributed by atoms with van der Waals surface area (Å²) in [6, 6.07) is 12.3. The number of aromatic nitrogens is 1. The molecule has 4 rings (SSSR count). The molecule has 2 unspecified atom stereocenters. The molecule has 2 atom stereocenters. The highest BCUT2D eigenvalue weighted by molar-refractivity contribution is 9.10. The maximum absolute atomic E-state index is 13.2. The predicted octanol–water partition coefficient (Wildman–Crippen LogP) is 3.61. The summed E-state index contributed by atoms with van der Waals surface area (Å²) in [5.41, 5.74) is 3.41. The Bertz CT molecular complexity index is 867. The van der Waals surface area contributed by atoms with Crippen molar-refractivity contribution in [3.05, 3.63) is 52.1 Å². The van der Waals surface area contributed by atoms with E-state index in [2.05, 4.69) is 27.8 Å². The van der Waals surface area contributed by atoms with Gasteiger partial charge in [0.05, 0.1) is 30.2 Å². The van der Waals surface area contributed by atoms with Gasteiger partial charge in [-0.25, -0.2) is 0 Å². The summed E-state index contributed by atoms with van der Waals surface area (Å²) in [5, 5.41) is 0. The molecule has 3 heterocycles. The second kappa shape index (κ2) is 8.31. The minimum atomic E-state index is 0.0911. The van der Waals surface area contributed by atoms with E-state index < -0.39 is 0 Å². The molecule has 0 bridgehead atoms. The van der Waals surface area contributed by atoms with E-state index in [1.807, 2.05) is 48.2 Å². The van der Waals surface area contributed by atoms with Crippen molar-refractivity contribution in [1.29, 1.82) is 0 Å². The number of amides is 1. The molecule has 1 aromatic carbocycles. The second-order valence-corrected chi connectivity index (χ2v) is 8.66. The molecule has 0 saturated carbocycles. The fraction of sp³-hybridized carbons (Fsp3) is 0.455. The molecule has 2 aliphatic heterocycles. The Balaban J connectivity index is 1.50. The fourth-order valence-electron chi connectivity index (χ4n) is 4.27. The molecular formula is C22H26BrN3O2. The van der Waals surface area contributed by atoms with Crippen LogP contribution in [-0.4, -0.2) is 66.1 Å². The molecule has 2 saturated heterocycles. The van der Waals surface area contributed by atoms with Crippen LogP contribution in [0.15, 0.2) is 40.9 Å². The number of pyridine rings is 1. The third-order valence-corrected chi connectivity index (χ3v) is 6.30. The Kier molecular flexibility index (Phi) is 5.80. The lowest BCUT2D eigenvalue weighted by atomic mass is 10.0. The molecule has 5 nitrogen and oxygen atoms in total. The minimum Gasteiger partial charge on any atom is -0.379 e. The van der Waals surface area contributed by atoms with Crippen molar-refractivity contribution in [2.75, 3.05) is 39.4 Å². The van der Waals surface area contributed by atoms with Gasteiger partial charge in [-0.05, 0) is 37.1 Å². The summed E-state index contributed by atoms with van der Waals surface area (Å²) < 4.78 is 6.49. The lowest BCUT2D eigenvalue weighted by Crippen LogP contribution is -2.47. The van der Waals surface area contributed by atoms with E-state index in [1.165, 1.54) is 0 Å². The van der Waals surface area contributed by atoms with Gasteiger partial charge in [0.15, 0.2) is 0 Å². The third-order valence-electron chi connectivity index (χ3n) is 5.81. The molecule has 6 heteroatoms. The summed E-state index contributed by atoms with van der Waals surface area (Å²) in [7, 11) is 0. The topological polar surface area (TPSA) is 45.7 Å². The molecule has 2 aliphatic rings. The lowest BCUT2D eigenvalue weighted by Gasteiger charge is -2.34. The van der Waals surface area contributed by atoms with Gasteiger partial charge in [0, 0.05) is 42.3 Å². The molecule has 2 fully saturated rings. The summed E-state index contributed by atoms with van der Waals surface area (Å²) in [5.74, 6) is 0.560. The maximum atomic E-state index is 13.2. The number of rotatable bonds is 3. The number of nitrogens with zero attached hydrogens (tertiary/aromatic N) is 3. The Labute approximate surface area is 174 Å². The van der Waals surface area contributed by atoms with Crippen molar-refractivity contribution in [3.8, 4) is 11.3 Å². The molecule has 0 N–H and O–H groups in total. The van der Waals surface area contributed by atoms with Gasteiger partial charge in [0.2, 0.25) is 0 Å². The Morgan fingerprint density at radius 1 is 1.18 bits per heavy atom. The Morgan fingerprint density at radius 2 is 1.96 bits per heavy atom. The van der Waals surface area contributed by atoms with Crippen LogP contribution in [0.3, 0.4) is 0 Å². The first-order valence-electron chi connectivity index (χ1n) is 9.87. The van der Waals surface area contributed by atoms with E-state index in [0.717, 1.165) is 60.8 Å². The van der Waals surface area contributed by atoms with Gasteiger partial charge in [0.25, 0.3) is 5.91 Å². The number of aryl methyl sites for hydroxylation is 1. The second-order valence-electron chi connectivity index (χ2n) is 7.74. The summed E-state index contributed by atoms with van der Waals surface area (Å²) in [6.45, 7) is 9.25. The fourth-order valence-corrected chi connectivity index (χ4v) is 4.67. The molecule has 0 radical (unpaired) electrons. The zero-order valence-electron chi connectivity index (χ0n) is 16.4. The van der Waals surface area contributed by atoms with Crippen LogP contribution in [-0.2, 0) is 4.74 Å². The molecule has 148 valence electrons. The first-order chi connectivity index (χ1) is 13.5. The molecule has 0 spiro atoms. The van der Waals surface area contributed by atoms with Crippen molar-refractivity contribution in [3.63, 3.8) is 0 Å². The van der Waals surface area contributed by atoms with Crippen molar-refractivity contribution < 1.29 is 9.53 Å². The van der Waals surface area contributed by atoms with E-state index in [-0.39, 0.29) is 5.91 Å². The number of hydrogen-bond acceptors (Lipinski definition) is 4. The minimum absolute atomic E-state index is 0.0911. The summed E-state index contributed by atoms with van der Waals surface area (Å²) in [6.07, 6.45) is 0. The highest BCUT2D eigenvalue weighted by atomic mass is 79.9. The Morgan fingerprint density at radius 3 is 2.68 bits per heavy atom. The van der Waals surface area contributed by atoms with E-state index in [1.54, 1.807) is 0 Å². The molecule has 0 aliphatic carbocycles. The largest absolute Gasteiger partial charge is 0.379 e. The molecule has 2 aromatic rings. The number of halogens is 1. The lowest BCUT2D eigenvalue weighted by molar-refractivity contribution is 0.0119. The van der Waals surface area contributed by atoms with E-state index in [0.29, 0.717) is 17.5 Å². The highest BCUT2D eigenvalue weighted by Crippen LogP contribution is 2.26. The number of carbonyl (C=O) groups excluding carboxylic acids is 1. The summed E-state index contributed by atoms with van der Waals surface area (Å²) >= 11 is 3.50. The molecule has 1 amide bonds. The maximum Gasteiger partial charge on any atom is 0.255 e. The number of likely N-dealkylation sites (tertiary alicyclic amines) is 1. The normalized spacial score (nSPS) is 23.2.